The lowest BCUT2D eigenvalue weighted by atomic mass is 10.2. The smallest absolute Gasteiger partial charge is 0.203 e. The Kier molecular flexibility index (Phi) is 2.73. The molecule has 0 radical (unpaired) electrons. The summed E-state index contributed by atoms with van der Waals surface area (Å²) >= 11 is 3.06. The van der Waals surface area contributed by atoms with E-state index in [1.807, 2.05) is 22.6 Å². The van der Waals surface area contributed by atoms with Crippen molar-refractivity contribution in [2.24, 2.45) is 0 Å². The van der Waals surface area contributed by atoms with E-state index >= 15 is 0 Å². The van der Waals surface area contributed by atoms with Crippen LogP contribution in [0.2, 0.25) is 0 Å². The number of aromatic nitrogens is 2. The van der Waals surface area contributed by atoms with Gasteiger partial charge in [-0.1, -0.05) is 0 Å². The van der Waals surface area contributed by atoms with Gasteiger partial charge >= 0.3 is 0 Å². The van der Waals surface area contributed by atoms with Crippen LogP contribution < -0.4 is 0 Å². The van der Waals surface area contributed by atoms with Crippen molar-refractivity contribution in [1.29, 1.82) is 0 Å². The molecule has 1 aromatic heterocycles. The van der Waals surface area contributed by atoms with Crippen molar-refractivity contribution in [3.8, 4) is 10.6 Å². The number of hydrogen-bond acceptors (Lipinski definition) is 3. The van der Waals surface area contributed by atoms with Gasteiger partial charge in [-0.2, -0.15) is 4.37 Å². The summed E-state index contributed by atoms with van der Waals surface area (Å²) in [7, 11) is 0. The molecule has 2 nitrogen and oxygen atoms in total. The van der Waals surface area contributed by atoms with E-state index in [9.17, 15) is 8.78 Å². The fourth-order valence-corrected chi connectivity index (χ4v) is 2.25. The Labute approximate surface area is 96.3 Å². The zero-order valence-electron chi connectivity index (χ0n) is 6.67. The highest BCUT2D eigenvalue weighted by Gasteiger charge is 2.07. The van der Waals surface area contributed by atoms with E-state index < -0.39 is 11.6 Å². The standard InChI is InChI=1S/C8H3F2IN2S/c9-5-1-4(2-6(10)3-5)7-12-8(11)13-14-7/h1-3H. The number of halogens is 3. The van der Waals surface area contributed by atoms with Crippen molar-refractivity contribution in [2.45, 2.75) is 0 Å². The third kappa shape index (κ3) is 2.06. The Balaban J connectivity index is 2.51. The summed E-state index contributed by atoms with van der Waals surface area (Å²) in [6.07, 6.45) is 0. The molecule has 0 spiro atoms. The average molecular weight is 324 g/mol. The first kappa shape index (κ1) is 9.91. The molecule has 0 fully saturated rings. The summed E-state index contributed by atoms with van der Waals surface area (Å²) in [5, 5.41) is 0.521. The van der Waals surface area contributed by atoms with Gasteiger partial charge in [0, 0.05) is 34.2 Å². The molecule has 0 bridgehead atoms. The molecule has 0 aliphatic heterocycles. The highest BCUT2D eigenvalue weighted by molar-refractivity contribution is 14.1. The van der Waals surface area contributed by atoms with E-state index in [4.69, 9.17) is 0 Å². The van der Waals surface area contributed by atoms with Gasteiger partial charge in [0.2, 0.25) is 3.83 Å². The SMILES string of the molecule is Fc1cc(F)cc(-c2nc(I)ns2)c1. The molecular weight excluding hydrogens is 321 g/mol. The van der Waals surface area contributed by atoms with Gasteiger partial charge in [0.25, 0.3) is 0 Å². The molecule has 1 heterocycles. The summed E-state index contributed by atoms with van der Waals surface area (Å²) < 4.78 is 30.2. The average Bonchev–Trinajstić information content (AvgIpc) is 2.50. The molecule has 0 amide bonds. The third-order valence-corrected chi connectivity index (χ3v) is 3.08. The van der Waals surface area contributed by atoms with Crippen LogP contribution in [0.1, 0.15) is 0 Å². The van der Waals surface area contributed by atoms with E-state index in [2.05, 4.69) is 9.36 Å². The van der Waals surface area contributed by atoms with Crippen LogP contribution in [0.4, 0.5) is 8.78 Å². The third-order valence-electron chi connectivity index (χ3n) is 1.51. The largest absolute Gasteiger partial charge is 0.210 e. The minimum Gasteiger partial charge on any atom is -0.210 e. The van der Waals surface area contributed by atoms with E-state index in [0.29, 0.717) is 14.4 Å². The molecule has 72 valence electrons. The first-order valence-corrected chi connectivity index (χ1v) is 5.46. The maximum atomic E-state index is 12.8. The molecule has 0 N–H and O–H groups in total. The zero-order valence-corrected chi connectivity index (χ0v) is 9.64. The molecule has 0 aliphatic rings. The first-order chi connectivity index (χ1) is 6.65. The topological polar surface area (TPSA) is 25.8 Å². The minimum absolute atomic E-state index is 0.419. The van der Waals surface area contributed by atoms with Crippen LogP contribution >= 0.6 is 34.1 Å². The fraction of sp³-hybridized carbons (Fsp3) is 0. The van der Waals surface area contributed by atoms with E-state index in [0.717, 1.165) is 17.6 Å². The molecular formula is C8H3F2IN2S. The number of benzene rings is 1. The molecule has 0 unspecified atom stereocenters. The van der Waals surface area contributed by atoms with Gasteiger partial charge in [-0.15, -0.1) is 0 Å². The maximum absolute atomic E-state index is 12.8. The summed E-state index contributed by atoms with van der Waals surface area (Å²) in [6.45, 7) is 0. The van der Waals surface area contributed by atoms with Gasteiger partial charge in [0.15, 0.2) is 0 Å². The summed E-state index contributed by atoms with van der Waals surface area (Å²) in [5.74, 6) is -1.21. The molecule has 2 aromatic rings. The highest BCUT2D eigenvalue weighted by atomic mass is 127. The molecule has 2 rings (SSSR count). The molecule has 14 heavy (non-hydrogen) atoms. The maximum Gasteiger partial charge on any atom is 0.203 e. The molecule has 0 atom stereocenters. The van der Waals surface area contributed by atoms with Crippen LogP contribution in [0.25, 0.3) is 10.6 Å². The number of hydrogen-bond donors (Lipinski definition) is 0. The highest BCUT2D eigenvalue weighted by Crippen LogP contribution is 2.23. The lowest BCUT2D eigenvalue weighted by molar-refractivity contribution is 0.584. The lowest BCUT2D eigenvalue weighted by Crippen LogP contribution is -1.83. The number of rotatable bonds is 1. The van der Waals surface area contributed by atoms with Crippen LogP contribution in [0, 0.1) is 15.5 Å². The van der Waals surface area contributed by atoms with Crippen molar-refractivity contribution in [2.75, 3.05) is 0 Å². The normalized spacial score (nSPS) is 10.5. The van der Waals surface area contributed by atoms with Crippen molar-refractivity contribution in [1.82, 2.24) is 9.36 Å². The fourth-order valence-electron chi connectivity index (χ4n) is 1.00. The lowest BCUT2D eigenvalue weighted by Gasteiger charge is -1.95. The second-order valence-electron chi connectivity index (χ2n) is 2.53. The van der Waals surface area contributed by atoms with Gasteiger partial charge in [0.05, 0.1) is 0 Å². The Bertz CT molecular complexity index is 452. The molecule has 0 aliphatic carbocycles. The predicted octanol–water partition coefficient (Wildman–Crippen LogP) is 3.09. The van der Waals surface area contributed by atoms with Crippen LogP contribution in [0.5, 0.6) is 0 Å². The number of nitrogens with zero attached hydrogens (tertiary/aromatic N) is 2. The van der Waals surface area contributed by atoms with E-state index in [1.54, 1.807) is 0 Å². The zero-order chi connectivity index (χ0) is 10.1. The van der Waals surface area contributed by atoms with Gasteiger partial charge in [0.1, 0.15) is 16.6 Å². The van der Waals surface area contributed by atoms with Gasteiger partial charge in [-0.3, -0.25) is 0 Å². The molecule has 0 saturated heterocycles. The predicted molar refractivity (Wildman–Crippen MR) is 58.0 cm³/mol. The Morgan fingerprint density at radius 2 is 1.79 bits per heavy atom. The first-order valence-electron chi connectivity index (χ1n) is 3.61. The Hall–Kier alpha value is -0.630. The monoisotopic (exact) mass is 324 g/mol. The summed E-state index contributed by atoms with van der Waals surface area (Å²) in [4.78, 5) is 4.02. The Morgan fingerprint density at radius 3 is 2.29 bits per heavy atom. The van der Waals surface area contributed by atoms with E-state index in [-0.39, 0.29) is 0 Å². The molecule has 6 heteroatoms. The second kappa shape index (κ2) is 3.85. The summed E-state index contributed by atoms with van der Waals surface area (Å²) in [6, 6.07) is 3.30. The minimum atomic E-state index is -0.606. The van der Waals surface area contributed by atoms with Crippen LogP contribution in [0.3, 0.4) is 0 Å². The van der Waals surface area contributed by atoms with Crippen molar-refractivity contribution in [3.63, 3.8) is 0 Å². The Morgan fingerprint density at radius 1 is 1.14 bits per heavy atom. The van der Waals surface area contributed by atoms with Crippen LogP contribution in [-0.4, -0.2) is 9.36 Å². The van der Waals surface area contributed by atoms with Gasteiger partial charge in [-0.25, -0.2) is 13.8 Å². The van der Waals surface area contributed by atoms with Crippen molar-refractivity contribution in [3.05, 3.63) is 33.7 Å². The quantitative estimate of drug-likeness (QED) is 0.754. The second-order valence-corrected chi connectivity index (χ2v) is 4.24. The van der Waals surface area contributed by atoms with Gasteiger partial charge in [-0.05, 0) is 23.7 Å². The van der Waals surface area contributed by atoms with Crippen molar-refractivity contribution < 1.29 is 8.78 Å². The van der Waals surface area contributed by atoms with Crippen molar-refractivity contribution >= 4 is 34.1 Å². The van der Waals surface area contributed by atoms with Crippen LogP contribution in [-0.2, 0) is 0 Å². The molecule has 1 aromatic carbocycles. The van der Waals surface area contributed by atoms with Gasteiger partial charge < -0.3 is 0 Å². The molecule has 0 saturated carbocycles. The van der Waals surface area contributed by atoms with Crippen LogP contribution in [0.15, 0.2) is 18.2 Å². The summed E-state index contributed by atoms with van der Waals surface area (Å²) in [5.41, 5.74) is 0.419. The van der Waals surface area contributed by atoms with E-state index in [1.165, 1.54) is 12.1 Å².